The van der Waals surface area contributed by atoms with Gasteiger partial charge < -0.3 is 16.0 Å². The Morgan fingerprint density at radius 1 is 1.29 bits per heavy atom. The first kappa shape index (κ1) is 16.9. The fourth-order valence-corrected chi connectivity index (χ4v) is 1.81. The van der Waals surface area contributed by atoms with Crippen LogP contribution < -0.4 is 16.0 Å². The van der Waals surface area contributed by atoms with Crippen LogP contribution in [-0.4, -0.2) is 30.9 Å². The van der Waals surface area contributed by atoms with E-state index in [9.17, 15) is 14.0 Å². The summed E-state index contributed by atoms with van der Waals surface area (Å²) in [6, 6.07) is 3.59. The molecular formula is C15H22FN3O2. The first-order valence-electron chi connectivity index (χ1n) is 7.12. The standard InChI is InChI=1S/C15H22FN3O2/c1-4-9-18-14(20)10(3)19-15(21)11-7-6-8-12(16)13(11)17-5-2/h6-8,10,17H,4-5,9H2,1-3H3,(H,18,20)(H,19,21). The summed E-state index contributed by atoms with van der Waals surface area (Å²) in [7, 11) is 0. The fraction of sp³-hybridized carbons (Fsp3) is 0.467. The van der Waals surface area contributed by atoms with E-state index in [1.807, 2.05) is 13.8 Å². The topological polar surface area (TPSA) is 70.2 Å². The third kappa shape index (κ3) is 4.73. The number of halogens is 1. The van der Waals surface area contributed by atoms with E-state index in [1.54, 1.807) is 6.92 Å². The van der Waals surface area contributed by atoms with E-state index in [0.29, 0.717) is 13.1 Å². The van der Waals surface area contributed by atoms with Crippen molar-refractivity contribution < 1.29 is 14.0 Å². The van der Waals surface area contributed by atoms with Gasteiger partial charge >= 0.3 is 0 Å². The molecule has 0 spiro atoms. The number of carbonyl (C=O) groups is 2. The molecule has 1 aromatic rings. The molecule has 0 radical (unpaired) electrons. The molecule has 2 amide bonds. The summed E-state index contributed by atoms with van der Waals surface area (Å²) in [5.74, 6) is -1.23. The summed E-state index contributed by atoms with van der Waals surface area (Å²) in [5, 5.41) is 8.10. The quantitative estimate of drug-likeness (QED) is 0.719. The molecule has 0 aliphatic heterocycles. The van der Waals surface area contributed by atoms with Gasteiger partial charge in [-0.25, -0.2) is 4.39 Å². The van der Waals surface area contributed by atoms with Crippen molar-refractivity contribution in [1.82, 2.24) is 10.6 Å². The molecule has 0 saturated heterocycles. The normalized spacial score (nSPS) is 11.6. The number of rotatable bonds is 7. The molecule has 1 aromatic carbocycles. The molecule has 3 N–H and O–H groups in total. The highest BCUT2D eigenvalue weighted by molar-refractivity contribution is 6.01. The van der Waals surface area contributed by atoms with E-state index in [1.165, 1.54) is 18.2 Å². The Kier molecular flexibility index (Phi) is 6.65. The summed E-state index contributed by atoms with van der Waals surface area (Å²) in [5.41, 5.74) is 0.339. The second-order valence-corrected chi connectivity index (χ2v) is 4.68. The molecule has 1 unspecified atom stereocenters. The zero-order valence-corrected chi connectivity index (χ0v) is 12.6. The van der Waals surface area contributed by atoms with Gasteiger partial charge in [0.1, 0.15) is 11.9 Å². The molecule has 116 valence electrons. The summed E-state index contributed by atoms with van der Waals surface area (Å²) in [4.78, 5) is 23.9. The van der Waals surface area contributed by atoms with Crippen LogP contribution in [0, 0.1) is 5.82 Å². The van der Waals surface area contributed by atoms with E-state index < -0.39 is 17.8 Å². The van der Waals surface area contributed by atoms with Crippen molar-refractivity contribution in [2.45, 2.75) is 33.2 Å². The molecule has 0 aromatic heterocycles. The van der Waals surface area contributed by atoms with Crippen molar-refractivity contribution in [3.05, 3.63) is 29.6 Å². The third-order valence-corrected chi connectivity index (χ3v) is 2.90. The zero-order chi connectivity index (χ0) is 15.8. The molecule has 0 heterocycles. The van der Waals surface area contributed by atoms with Crippen LogP contribution in [-0.2, 0) is 4.79 Å². The van der Waals surface area contributed by atoms with Gasteiger partial charge in [0.25, 0.3) is 5.91 Å². The van der Waals surface area contributed by atoms with Crippen LogP contribution in [0.25, 0.3) is 0 Å². The Labute approximate surface area is 124 Å². The third-order valence-electron chi connectivity index (χ3n) is 2.90. The molecule has 0 aliphatic carbocycles. The van der Waals surface area contributed by atoms with Crippen LogP contribution in [0.1, 0.15) is 37.6 Å². The largest absolute Gasteiger partial charge is 0.382 e. The highest BCUT2D eigenvalue weighted by atomic mass is 19.1. The number of hydrogen-bond donors (Lipinski definition) is 3. The summed E-state index contributed by atoms with van der Waals surface area (Å²) < 4.78 is 13.7. The lowest BCUT2D eigenvalue weighted by Gasteiger charge is -2.16. The maximum absolute atomic E-state index is 13.7. The number of nitrogens with one attached hydrogen (secondary N) is 3. The van der Waals surface area contributed by atoms with Crippen molar-refractivity contribution >= 4 is 17.5 Å². The van der Waals surface area contributed by atoms with Crippen LogP contribution in [0.2, 0.25) is 0 Å². The summed E-state index contributed by atoms with van der Waals surface area (Å²) in [6.45, 7) is 6.40. The Bertz CT molecular complexity index is 506. The Morgan fingerprint density at radius 3 is 2.62 bits per heavy atom. The number of anilines is 1. The fourth-order valence-electron chi connectivity index (χ4n) is 1.81. The minimum Gasteiger partial charge on any atom is -0.382 e. The molecular weight excluding hydrogens is 273 g/mol. The predicted octanol–water partition coefficient (Wildman–Crippen LogP) is 1.90. The highest BCUT2D eigenvalue weighted by Gasteiger charge is 2.19. The lowest BCUT2D eigenvalue weighted by atomic mass is 10.1. The number of amides is 2. The summed E-state index contributed by atoms with van der Waals surface area (Å²) >= 11 is 0. The highest BCUT2D eigenvalue weighted by Crippen LogP contribution is 2.19. The van der Waals surface area contributed by atoms with Gasteiger partial charge in [-0.2, -0.15) is 0 Å². The maximum Gasteiger partial charge on any atom is 0.254 e. The molecule has 1 atom stereocenters. The van der Waals surface area contributed by atoms with Crippen molar-refractivity contribution in [1.29, 1.82) is 0 Å². The van der Waals surface area contributed by atoms with Crippen LogP contribution in [0.3, 0.4) is 0 Å². The molecule has 0 aliphatic rings. The molecule has 6 heteroatoms. The monoisotopic (exact) mass is 295 g/mol. The van der Waals surface area contributed by atoms with Gasteiger partial charge in [-0.1, -0.05) is 13.0 Å². The van der Waals surface area contributed by atoms with Crippen LogP contribution in [0.4, 0.5) is 10.1 Å². The Hall–Kier alpha value is -2.11. The zero-order valence-electron chi connectivity index (χ0n) is 12.6. The summed E-state index contributed by atoms with van der Waals surface area (Å²) in [6.07, 6.45) is 0.820. The molecule has 0 bridgehead atoms. The Morgan fingerprint density at radius 2 is 2.00 bits per heavy atom. The Balaban J connectivity index is 2.80. The number of benzene rings is 1. The van der Waals surface area contributed by atoms with Gasteiger partial charge in [0.15, 0.2) is 0 Å². The molecule has 21 heavy (non-hydrogen) atoms. The van der Waals surface area contributed by atoms with E-state index in [-0.39, 0.29) is 17.2 Å². The van der Waals surface area contributed by atoms with Crippen molar-refractivity contribution in [3.8, 4) is 0 Å². The average Bonchev–Trinajstić information content (AvgIpc) is 2.46. The van der Waals surface area contributed by atoms with Gasteiger partial charge in [-0.05, 0) is 32.4 Å². The van der Waals surface area contributed by atoms with Crippen LogP contribution in [0.5, 0.6) is 0 Å². The van der Waals surface area contributed by atoms with Gasteiger partial charge in [0.2, 0.25) is 5.91 Å². The lowest BCUT2D eigenvalue weighted by molar-refractivity contribution is -0.122. The lowest BCUT2D eigenvalue weighted by Crippen LogP contribution is -2.45. The van der Waals surface area contributed by atoms with E-state index >= 15 is 0 Å². The smallest absolute Gasteiger partial charge is 0.254 e. The molecule has 1 rings (SSSR count). The van der Waals surface area contributed by atoms with Gasteiger partial charge in [-0.15, -0.1) is 0 Å². The van der Waals surface area contributed by atoms with Gasteiger partial charge in [0, 0.05) is 13.1 Å². The molecule has 0 fully saturated rings. The SMILES string of the molecule is CCCNC(=O)C(C)NC(=O)c1cccc(F)c1NCC. The van der Waals surface area contributed by atoms with Crippen molar-refractivity contribution in [2.75, 3.05) is 18.4 Å². The van der Waals surface area contributed by atoms with E-state index in [4.69, 9.17) is 0 Å². The first-order valence-corrected chi connectivity index (χ1v) is 7.12. The number of para-hydroxylation sites is 1. The maximum atomic E-state index is 13.7. The van der Waals surface area contributed by atoms with Crippen molar-refractivity contribution in [2.24, 2.45) is 0 Å². The predicted molar refractivity (Wildman–Crippen MR) is 80.8 cm³/mol. The van der Waals surface area contributed by atoms with Crippen LogP contribution in [0.15, 0.2) is 18.2 Å². The minimum atomic E-state index is -0.679. The molecule has 0 saturated carbocycles. The van der Waals surface area contributed by atoms with Crippen LogP contribution >= 0.6 is 0 Å². The number of carbonyl (C=O) groups excluding carboxylic acids is 2. The second kappa shape index (κ2) is 8.24. The van der Waals surface area contributed by atoms with Crippen molar-refractivity contribution in [3.63, 3.8) is 0 Å². The van der Waals surface area contributed by atoms with E-state index in [0.717, 1.165) is 6.42 Å². The van der Waals surface area contributed by atoms with Gasteiger partial charge in [-0.3, -0.25) is 9.59 Å². The molecule has 5 nitrogen and oxygen atoms in total. The van der Waals surface area contributed by atoms with E-state index in [2.05, 4.69) is 16.0 Å². The number of hydrogen-bond acceptors (Lipinski definition) is 3. The second-order valence-electron chi connectivity index (χ2n) is 4.68. The first-order chi connectivity index (χ1) is 10.0. The van der Waals surface area contributed by atoms with Gasteiger partial charge in [0.05, 0.1) is 11.3 Å². The minimum absolute atomic E-state index is 0.152. The average molecular weight is 295 g/mol.